The van der Waals surface area contributed by atoms with Gasteiger partial charge in [-0.2, -0.15) is 0 Å². The summed E-state index contributed by atoms with van der Waals surface area (Å²) >= 11 is 1.68. The topological polar surface area (TPSA) is 68.1 Å². The highest BCUT2D eigenvalue weighted by Crippen LogP contribution is 2.25. The maximum atomic E-state index is 11.0. The summed E-state index contributed by atoms with van der Waals surface area (Å²) in [5.74, 6) is 0.344. The van der Waals surface area contributed by atoms with Crippen molar-refractivity contribution in [3.63, 3.8) is 0 Å². The van der Waals surface area contributed by atoms with E-state index in [0.717, 1.165) is 6.42 Å². The van der Waals surface area contributed by atoms with Crippen LogP contribution in [0.15, 0.2) is 29.8 Å². The highest BCUT2D eigenvalue weighted by atomic mass is 32.1. The zero-order valence-corrected chi connectivity index (χ0v) is 10.7. The van der Waals surface area contributed by atoms with E-state index in [0.29, 0.717) is 17.9 Å². The van der Waals surface area contributed by atoms with Crippen molar-refractivity contribution < 1.29 is 4.92 Å². The van der Waals surface area contributed by atoms with Gasteiger partial charge in [-0.15, -0.1) is 11.3 Å². The van der Waals surface area contributed by atoms with E-state index in [1.165, 1.54) is 4.88 Å². The maximum absolute atomic E-state index is 11.0. The fourth-order valence-electron chi connectivity index (χ4n) is 1.67. The molecule has 0 unspecified atom stereocenters. The third kappa shape index (κ3) is 2.84. The fourth-order valence-corrected chi connectivity index (χ4v) is 2.38. The second-order valence-electron chi connectivity index (χ2n) is 3.84. The molecule has 2 aromatic rings. The lowest BCUT2D eigenvalue weighted by Crippen LogP contribution is -2.08. The molecule has 94 valence electrons. The minimum Gasteiger partial charge on any atom is -0.364 e. The van der Waals surface area contributed by atoms with Crippen molar-refractivity contribution in [2.24, 2.45) is 0 Å². The van der Waals surface area contributed by atoms with Crippen LogP contribution in [0.5, 0.6) is 0 Å². The van der Waals surface area contributed by atoms with Crippen molar-refractivity contribution in [3.05, 3.63) is 50.3 Å². The van der Waals surface area contributed by atoms with Gasteiger partial charge in [0, 0.05) is 23.2 Å². The fraction of sp³-hybridized carbons (Fsp3) is 0.250. The number of hydrogen-bond acceptors (Lipinski definition) is 5. The van der Waals surface area contributed by atoms with E-state index in [4.69, 9.17) is 0 Å². The van der Waals surface area contributed by atoms with Crippen LogP contribution in [0.3, 0.4) is 0 Å². The van der Waals surface area contributed by atoms with Crippen LogP contribution in [-0.2, 0) is 6.42 Å². The van der Waals surface area contributed by atoms with Crippen molar-refractivity contribution in [1.82, 2.24) is 4.98 Å². The highest BCUT2D eigenvalue weighted by Gasteiger charge is 2.17. The molecule has 0 saturated carbocycles. The van der Waals surface area contributed by atoms with E-state index in [2.05, 4.69) is 10.3 Å². The van der Waals surface area contributed by atoms with Gasteiger partial charge in [0.05, 0.1) is 4.92 Å². The summed E-state index contributed by atoms with van der Waals surface area (Å²) in [4.78, 5) is 15.8. The molecule has 0 radical (unpaired) electrons. The number of anilines is 1. The van der Waals surface area contributed by atoms with Crippen molar-refractivity contribution >= 4 is 22.8 Å². The van der Waals surface area contributed by atoms with E-state index in [1.54, 1.807) is 30.5 Å². The number of rotatable bonds is 5. The van der Waals surface area contributed by atoms with Gasteiger partial charge in [0.25, 0.3) is 0 Å². The van der Waals surface area contributed by atoms with Crippen molar-refractivity contribution in [2.75, 3.05) is 11.9 Å². The van der Waals surface area contributed by atoms with Crippen LogP contribution in [0.25, 0.3) is 0 Å². The molecule has 18 heavy (non-hydrogen) atoms. The lowest BCUT2D eigenvalue weighted by Gasteiger charge is -2.06. The van der Waals surface area contributed by atoms with Crippen LogP contribution >= 0.6 is 11.3 Å². The smallest absolute Gasteiger partial charge is 0.314 e. The van der Waals surface area contributed by atoms with Gasteiger partial charge in [-0.25, -0.2) is 4.98 Å². The van der Waals surface area contributed by atoms with Gasteiger partial charge in [0.2, 0.25) is 5.82 Å². The molecule has 0 bridgehead atoms. The number of nitrogens with one attached hydrogen (secondary N) is 1. The van der Waals surface area contributed by atoms with E-state index >= 15 is 0 Å². The van der Waals surface area contributed by atoms with E-state index < -0.39 is 4.92 Å². The largest absolute Gasteiger partial charge is 0.364 e. The minimum absolute atomic E-state index is 0.0590. The van der Waals surface area contributed by atoms with Crippen LogP contribution in [0, 0.1) is 17.0 Å². The number of nitrogens with zero attached hydrogens (tertiary/aromatic N) is 2. The summed E-state index contributed by atoms with van der Waals surface area (Å²) in [5, 5.41) is 16.0. The average Bonchev–Trinajstić information content (AvgIpc) is 2.81. The first kappa shape index (κ1) is 12.5. The predicted molar refractivity (Wildman–Crippen MR) is 72.1 cm³/mol. The van der Waals surface area contributed by atoms with Crippen LogP contribution in [0.2, 0.25) is 0 Å². The molecule has 0 aliphatic carbocycles. The number of pyridine rings is 1. The summed E-state index contributed by atoms with van der Waals surface area (Å²) in [6, 6.07) is 5.68. The Labute approximate surface area is 109 Å². The van der Waals surface area contributed by atoms with Crippen molar-refractivity contribution in [2.45, 2.75) is 13.3 Å². The molecule has 0 saturated heterocycles. The normalized spacial score (nSPS) is 10.3. The molecule has 5 nitrogen and oxygen atoms in total. The predicted octanol–water partition coefficient (Wildman–Crippen LogP) is 3.01. The SMILES string of the molecule is Cc1ccnc(NCCc2cccs2)c1[N+](=O)[O-]. The average molecular weight is 263 g/mol. The molecule has 2 rings (SSSR count). The first-order valence-electron chi connectivity index (χ1n) is 5.54. The summed E-state index contributed by atoms with van der Waals surface area (Å²) in [5.41, 5.74) is 0.678. The summed E-state index contributed by atoms with van der Waals surface area (Å²) < 4.78 is 0. The van der Waals surface area contributed by atoms with E-state index in [-0.39, 0.29) is 5.69 Å². The molecule has 0 fully saturated rings. The Hall–Kier alpha value is -1.95. The summed E-state index contributed by atoms with van der Waals surface area (Å²) in [6.07, 6.45) is 2.42. The molecular weight excluding hydrogens is 250 g/mol. The van der Waals surface area contributed by atoms with Crippen molar-refractivity contribution in [3.8, 4) is 0 Å². The maximum Gasteiger partial charge on any atom is 0.314 e. The van der Waals surface area contributed by atoms with Gasteiger partial charge >= 0.3 is 5.69 Å². The second-order valence-corrected chi connectivity index (χ2v) is 4.87. The summed E-state index contributed by atoms with van der Waals surface area (Å²) in [7, 11) is 0. The molecule has 0 aliphatic rings. The van der Waals surface area contributed by atoms with Crippen LogP contribution in [-0.4, -0.2) is 16.5 Å². The Bertz CT molecular complexity index is 540. The van der Waals surface area contributed by atoms with Crippen molar-refractivity contribution in [1.29, 1.82) is 0 Å². The molecule has 0 spiro atoms. The summed E-state index contributed by atoms with van der Waals surface area (Å²) in [6.45, 7) is 2.35. The lowest BCUT2D eigenvalue weighted by molar-refractivity contribution is -0.384. The van der Waals surface area contributed by atoms with Gasteiger partial charge < -0.3 is 5.32 Å². The molecule has 1 N–H and O–H groups in total. The van der Waals surface area contributed by atoms with E-state index in [1.807, 2.05) is 17.5 Å². The van der Waals surface area contributed by atoms with Gasteiger partial charge in [0.1, 0.15) is 0 Å². The molecule has 0 aliphatic heterocycles. The van der Waals surface area contributed by atoms with Gasteiger partial charge in [-0.05, 0) is 30.9 Å². The zero-order chi connectivity index (χ0) is 13.0. The Morgan fingerprint density at radius 3 is 3.00 bits per heavy atom. The monoisotopic (exact) mass is 263 g/mol. The molecule has 6 heteroatoms. The second kappa shape index (κ2) is 5.59. The molecule has 0 amide bonds. The molecule has 2 aromatic heterocycles. The minimum atomic E-state index is -0.393. The lowest BCUT2D eigenvalue weighted by atomic mass is 10.2. The zero-order valence-electron chi connectivity index (χ0n) is 9.92. The standard InChI is InChI=1S/C12H13N3O2S/c1-9-4-6-13-12(11(9)15(16)17)14-7-5-10-3-2-8-18-10/h2-4,6,8H,5,7H2,1H3,(H,13,14). The van der Waals surface area contributed by atoms with Gasteiger partial charge in [0.15, 0.2) is 0 Å². The quantitative estimate of drug-likeness (QED) is 0.665. The number of thiophene rings is 1. The number of aryl methyl sites for hydroxylation is 1. The third-order valence-corrected chi connectivity index (χ3v) is 3.49. The highest BCUT2D eigenvalue weighted by molar-refractivity contribution is 7.09. The first-order valence-corrected chi connectivity index (χ1v) is 6.42. The molecule has 2 heterocycles. The Morgan fingerprint density at radius 1 is 1.50 bits per heavy atom. The first-order chi connectivity index (χ1) is 8.68. The van der Waals surface area contributed by atoms with E-state index in [9.17, 15) is 10.1 Å². The van der Waals surface area contributed by atoms with Gasteiger partial charge in [-0.3, -0.25) is 10.1 Å². The van der Waals surface area contributed by atoms with Gasteiger partial charge in [-0.1, -0.05) is 6.07 Å². The number of hydrogen-bond donors (Lipinski definition) is 1. The number of nitro groups is 1. The van der Waals surface area contributed by atoms with Crippen LogP contribution in [0.4, 0.5) is 11.5 Å². The van der Waals surface area contributed by atoms with Crippen LogP contribution in [0.1, 0.15) is 10.4 Å². The Kier molecular flexibility index (Phi) is 3.88. The van der Waals surface area contributed by atoms with Crippen LogP contribution < -0.4 is 5.32 Å². The Morgan fingerprint density at radius 2 is 2.33 bits per heavy atom. The molecule has 0 atom stereocenters. The number of aromatic nitrogens is 1. The molecular formula is C12H13N3O2S. The Balaban J connectivity index is 2.05. The third-order valence-electron chi connectivity index (χ3n) is 2.55. The molecule has 0 aromatic carbocycles.